The van der Waals surface area contributed by atoms with Crippen molar-refractivity contribution in [2.75, 3.05) is 38.2 Å². The Hall–Kier alpha value is -3.59. The Kier molecular flexibility index (Phi) is 4.81. The van der Waals surface area contributed by atoms with E-state index in [0.717, 1.165) is 35.2 Å². The van der Waals surface area contributed by atoms with Crippen molar-refractivity contribution >= 4 is 28.2 Å². The van der Waals surface area contributed by atoms with Crippen LogP contribution in [0.15, 0.2) is 36.4 Å². The van der Waals surface area contributed by atoms with Gasteiger partial charge in [0.05, 0.1) is 5.52 Å². The first-order chi connectivity index (χ1) is 13.9. The molecule has 150 valence electrons. The number of anilines is 2. The first-order valence-electron chi connectivity index (χ1n) is 9.25. The minimum atomic E-state index is -0.176. The zero-order chi connectivity index (χ0) is 20.5. The molecule has 2 aromatic heterocycles. The number of fused-ring (bicyclic) bond motifs is 3. The molecule has 4 aromatic rings. The van der Waals surface area contributed by atoms with Crippen molar-refractivity contribution in [3.63, 3.8) is 0 Å². The molecule has 0 spiro atoms. The van der Waals surface area contributed by atoms with Gasteiger partial charge in [-0.1, -0.05) is 6.07 Å². The summed E-state index contributed by atoms with van der Waals surface area (Å²) in [6, 6.07) is 10.6. The molecule has 0 fully saturated rings. The largest absolute Gasteiger partial charge is 0.504 e. The minimum Gasteiger partial charge on any atom is -0.504 e. The van der Waals surface area contributed by atoms with Gasteiger partial charge in [0.1, 0.15) is 5.82 Å². The van der Waals surface area contributed by atoms with Crippen molar-refractivity contribution in [3.8, 4) is 11.5 Å². The summed E-state index contributed by atoms with van der Waals surface area (Å²) in [6.45, 7) is 1.74. The highest BCUT2D eigenvalue weighted by Crippen LogP contribution is 2.27. The molecule has 0 aliphatic heterocycles. The minimum absolute atomic E-state index is 0.163. The average Bonchev–Trinajstić information content (AvgIpc) is 3.06. The maximum Gasteiger partial charge on any atom is 0.240 e. The molecule has 2 heterocycles. The van der Waals surface area contributed by atoms with E-state index >= 15 is 0 Å². The fourth-order valence-electron chi connectivity index (χ4n) is 3.19. The second-order valence-electron chi connectivity index (χ2n) is 7.20. The molecular formula is C20H23N7O2. The third-order valence-corrected chi connectivity index (χ3v) is 4.65. The monoisotopic (exact) mass is 393 g/mol. The lowest BCUT2D eigenvalue weighted by molar-refractivity contribution is 0.403. The summed E-state index contributed by atoms with van der Waals surface area (Å²) in [5, 5.41) is 27.9. The SMILES string of the molecule is CN(C)CCNc1ccc2c(c1)nc(Cc1ccc(O)c(O)c1)n1nc(N)nc21. The molecule has 0 bridgehead atoms. The van der Waals surface area contributed by atoms with E-state index in [9.17, 15) is 10.2 Å². The number of nitrogens with two attached hydrogens (primary N) is 1. The summed E-state index contributed by atoms with van der Waals surface area (Å²) in [5.74, 6) is 0.461. The van der Waals surface area contributed by atoms with Gasteiger partial charge in [0.25, 0.3) is 0 Å². The number of nitrogens with zero attached hydrogens (tertiary/aromatic N) is 5. The summed E-state index contributed by atoms with van der Waals surface area (Å²) in [4.78, 5) is 11.3. The Morgan fingerprint density at radius 3 is 2.66 bits per heavy atom. The molecule has 0 amide bonds. The number of hydrogen-bond acceptors (Lipinski definition) is 8. The van der Waals surface area contributed by atoms with E-state index in [2.05, 4.69) is 20.3 Å². The van der Waals surface area contributed by atoms with Crippen LogP contribution in [0.1, 0.15) is 11.4 Å². The topological polar surface area (TPSA) is 125 Å². The second-order valence-corrected chi connectivity index (χ2v) is 7.20. The van der Waals surface area contributed by atoms with Crippen molar-refractivity contribution in [2.24, 2.45) is 0 Å². The van der Waals surface area contributed by atoms with E-state index in [-0.39, 0.29) is 17.4 Å². The van der Waals surface area contributed by atoms with Crippen LogP contribution in [0.4, 0.5) is 11.6 Å². The predicted molar refractivity (Wildman–Crippen MR) is 112 cm³/mol. The normalized spacial score (nSPS) is 11.6. The molecule has 5 N–H and O–H groups in total. The second kappa shape index (κ2) is 7.44. The molecular weight excluding hydrogens is 370 g/mol. The lowest BCUT2D eigenvalue weighted by atomic mass is 10.1. The predicted octanol–water partition coefficient (Wildman–Crippen LogP) is 1.84. The zero-order valence-electron chi connectivity index (χ0n) is 16.3. The van der Waals surface area contributed by atoms with Gasteiger partial charge >= 0.3 is 0 Å². The van der Waals surface area contributed by atoms with Gasteiger partial charge in [-0.25, -0.2) is 4.98 Å². The van der Waals surface area contributed by atoms with Crippen LogP contribution in [0.25, 0.3) is 16.6 Å². The summed E-state index contributed by atoms with van der Waals surface area (Å²) in [7, 11) is 4.06. The van der Waals surface area contributed by atoms with Crippen LogP contribution < -0.4 is 11.1 Å². The number of aromatic hydroxyl groups is 2. The molecule has 0 atom stereocenters. The maximum absolute atomic E-state index is 9.79. The lowest BCUT2D eigenvalue weighted by Gasteiger charge is -2.12. The number of aromatic nitrogens is 4. The number of likely N-dealkylation sites (N-methyl/N-ethyl adjacent to an activating group) is 1. The van der Waals surface area contributed by atoms with Crippen molar-refractivity contribution in [1.82, 2.24) is 24.5 Å². The highest BCUT2D eigenvalue weighted by Gasteiger charge is 2.14. The summed E-state index contributed by atoms with van der Waals surface area (Å²) in [6.07, 6.45) is 0.390. The first-order valence-corrected chi connectivity index (χ1v) is 9.25. The van der Waals surface area contributed by atoms with Crippen molar-refractivity contribution < 1.29 is 10.2 Å². The molecule has 0 aliphatic carbocycles. The van der Waals surface area contributed by atoms with Gasteiger partial charge < -0.3 is 26.2 Å². The van der Waals surface area contributed by atoms with E-state index in [1.807, 2.05) is 32.3 Å². The van der Waals surface area contributed by atoms with Crippen LogP contribution in [-0.4, -0.2) is 61.9 Å². The molecule has 0 unspecified atom stereocenters. The Morgan fingerprint density at radius 1 is 1.07 bits per heavy atom. The third-order valence-electron chi connectivity index (χ3n) is 4.65. The van der Waals surface area contributed by atoms with Crippen molar-refractivity contribution in [2.45, 2.75) is 6.42 Å². The quantitative estimate of drug-likeness (QED) is 0.366. The Labute approximate surface area is 167 Å². The van der Waals surface area contributed by atoms with Gasteiger partial charge in [0, 0.05) is 30.6 Å². The first kappa shape index (κ1) is 18.8. The van der Waals surface area contributed by atoms with E-state index < -0.39 is 0 Å². The number of phenolic OH excluding ortho intramolecular Hbond substituents is 2. The third kappa shape index (κ3) is 3.85. The number of rotatable bonds is 6. The van der Waals surface area contributed by atoms with Gasteiger partial charge in [-0.3, -0.25) is 0 Å². The maximum atomic E-state index is 9.79. The van der Waals surface area contributed by atoms with Crippen LogP contribution in [-0.2, 0) is 6.42 Å². The Bertz CT molecular complexity index is 1190. The van der Waals surface area contributed by atoms with Crippen molar-refractivity contribution in [1.29, 1.82) is 0 Å². The molecule has 0 saturated heterocycles. The standard InChI is InChI=1S/C20H23N7O2/c1-26(2)8-7-22-13-4-5-14-15(11-13)23-18(27-19(14)24-20(21)25-27)10-12-3-6-16(28)17(29)9-12/h3-6,9,11,22,28-29H,7-8,10H2,1-2H3,(H2,21,25). The number of benzene rings is 2. The van der Waals surface area contributed by atoms with Crippen LogP contribution in [0.2, 0.25) is 0 Å². The number of nitrogens with one attached hydrogen (secondary N) is 1. The molecule has 0 aliphatic rings. The molecule has 2 aromatic carbocycles. The molecule has 0 saturated carbocycles. The molecule has 9 nitrogen and oxygen atoms in total. The molecule has 29 heavy (non-hydrogen) atoms. The smallest absolute Gasteiger partial charge is 0.240 e. The highest BCUT2D eigenvalue weighted by molar-refractivity contribution is 5.93. The number of hydrogen-bond donors (Lipinski definition) is 4. The molecule has 0 radical (unpaired) electrons. The number of phenols is 2. The van der Waals surface area contributed by atoms with Crippen LogP contribution in [0.3, 0.4) is 0 Å². The van der Waals surface area contributed by atoms with E-state index in [0.29, 0.717) is 17.9 Å². The summed E-state index contributed by atoms with van der Waals surface area (Å²) >= 11 is 0. The van der Waals surface area contributed by atoms with E-state index in [1.165, 1.54) is 12.1 Å². The Balaban J connectivity index is 1.75. The molecule has 9 heteroatoms. The van der Waals surface area contributed by atoms with Crippen molar-refractivity contribution in [3.05, 3.63) is 47.8 Å². The van der Waals surface area contributed by atoms with Gasteiger partial charge in [-0.05, 0) is 50.0 Å². The Morgan fingerprint density at radius 2 is 1.90 bits per heavy atom. The lowest BCUT2D eigenvalue weighted by Crippen LogP contribution is -2.20. The fraction of sp³-hybridized carbons (Fsp3) is 0.250. The van der Waals surface area contributed by atoms with Gasteiger partial charge in [-0.2, -0.15) is 9.50 Å². The van der Waals surface area contributed by atoms with Crippen LogP contribution in [0.5, 0.6) is 11.5 Å². The zero-order valence-corrected chi connectivity index (χ0v) is 16.3. The van der Waals surface area contributed by atoms with Crippen LogP contribution >= 0.6 is 0 Å². The van der Waals surface area contributed by atoms with Gasteiger partial charge in [0.2, 0.25) is 5.95 Å². The van der Waals surface area contributed by atoms with E-state index in [4.69, 9.17) is 10.7 Å². The van der Waals surface area contributed by atoms with E-state index in [1.54, 1.807) is 10.6 Å². The average molecular weight is 393 g/mol. The van der Waals surface area contributed by atoms with Crippen LogP contribution in [0, 0.1) is 0 Å². The fourth-order valence-corrected chi connectivity index (χ4v) is 3.19. The van der Waals surface area contributed by atoms with Gasteiger partial charge in [0.15, 0.2) is 17.1 Å². The summed E-state index contributed by atoms with van der Waals surface area (Å²) < 4.78 is 1.63. The highest BCUT2D eigenvalue weighted by atomic mass is 16.3. The molecule has 4 rings (SSSR count). The van der Waals surface area contributed by atoms with Gasteiger partial charge in [-0.15, -0.1) is 5.10 Å². The summed E-state index contributed by atoms with van der Waals surface area (Å²) in [5.41, 5.74) is 9.01. The number of nitrogen functional groups attached to an aromatic ring is 1.